The molecule has 2 aromatic heterocycles. The Balaban J connectivity index is 1.43. The van der Waals surface area contributed by atoms with Gasteiger partial charge in [-0.2, -0.15) is 10.2 Å². The molecule has 10 nitrogen and oxygen atoms in total. The third-order valence-electron chi connectivity index (χ3n) is 5.37. The van der Waals surface area contributed by atoms with Crippen LogP contribution in [0, 0.1) is 0 Å². The summed E-state index contributed by atoms with van der Waals surface area (Å²) in [6, 6.07) is 14.5. The van der Waals surface area contributed by atoms with Crippen molar-refractivity contribution in [3.05, 3.63) is 70.8 Å². The van der Waals surface area contributed by atoms with Crippen molar-refractivity contribution in [2.24, 2.45) is 0 Å². The maximum absolute atomic E-state index is 12.9. The zero-order valence-corrected chi connectivity index (χ0v) is 19.1. The molecule has 2 aromatic carbocycles. The fourth-order valence-corrected chi connectivity index (χ4v) is 3.56. The first-order valence-electron chi connectivity index (χ1n) is 10.6. The van der Waals surface area contributed by atoms with Crippen LogP contribution in [0.1, 0.15) is 5.56 Å². The highest BCUT2D eigenvalue weighted by Crippen LogP contribution is 2.24. The Kier molecular flexibility index (Phi) is 6.77. The van der Waals surface area contributed by atoms with Gasteiger partial charge in [-0.25, -0.2) is 9.20 Å². The van der Waals surface area contributed by atoms with Crippen molar-refractivity contribution in [2.75, 3.05) is 27.9 Å². The first kappa shape index (κ1) is 22.8. The molecular weight excluding hydrogens is 438 g/mol. The van der Waals surface area contributed by atoms with Crippen LogP contribution in [0.4, 0.5) is 0 Å². The number of nitrogens with zero attached hydrogens (tertiary/aromatic N) is 4. The quantitative estimate of drug-likeness (QED) is 0.404. The summed E-state index contributed by atoms with van der Waals surface area (Å²) in [5, 5.41) is 11.3. The van der Waals surface area contributed by atoms with Gasteiger partial charge in [0.05, 0.1) is 27.0 Å². The van der Waals surface area contributed by atoms with Crippen LogP contribution in [-0.4, -0.2) is 53.2 Å². The monoisotopic (exact) mass is 463 g/mol. The highest BCUT2D eigenvalue weighted by molar-refractivity contribution is 5.75. The second-order valence-corrected chi connectivity index (χ2v) is 7.46. The van der Waals surface area contributed by atoms with Crippen LogP contribution in [0.5, 0.6) is 17.2 Å². The fourth-order valence-electron chi connectivity index (χ4n) is 3.56. The molecule has 0 saturated heterocycles. The van der Waals surface area contributed by atoms with E-state index in [9.17, 15) is 9.59 Å². The Morgan fingerprint density at radius 3 is 2.41 bits per heavy atom. The predicted octanol–water partition coefficient (Wildman–Crippen LogP) is 1.94. The van der Waals surface area contributed by atoms with Gasteiger partial charge in [0.1, 0.15) is 35.6 Å². The number of amides is 1. The van der Waals surface area contributed by atoms with E-state index in [0.717, 1.165) is 21.6 Å². The van der Waals surface area contributed by atoms with Crippen molar-refractivity contribution in [1.82, 2.24) is 24.7 Å². The highest BCUT2D eigenvalue weighted by Gasteiger charge is 2.13. The number of aromatic nitrogens is 4. The lowest BCUT2D eigenvalue weighted by molar-refractivity contribution is -0.121. The molecule has 4 aromatic rings. The lowest BCUT2D eigenvalue weighted by Gasteiger charge is -2.11. The molecule has 1 N–H and O–H groups in total. The number of fused-ring (bicyclic) bond motifs is 1. The minimum Gasteiger partial charge on any atom is -0.497 e. The summed E-state index contributed by atoms with van der Waals surface area (Å²) in [5.74, 6) is 1.83. The van der Waals surface area contributed by atoms with Gasteiger partial charge in [0, 0.05) is 12.1 Å². The van der Waals surface area contributed by atoms with Crippen LogP contribution < -0.4 is 25.1 Å². The van der Waals surface area contributed by atoms with Gasteiger partial charge in [-0.15, -0.1) is 0 Å². The minimum atomic E-state index is -0.403. The Hall–Kier alpha value is -4.34. The first-order valence-corrected chi connectivity index (χ1v) is 10.6. The van der Waals surface area contributed by atoms with Gasteiger partial charge < -0.3 is 19.5 Å². The minimum absolute atomic E-state index is 0.201. The van der Waals surface area contributed by atoms with Crippen molar-refractivity contribution >= 4 is 11.4 Å². The topological polar surface area (TPSA) is 109 Å². The van der Waals surface area contributed by atoms with Gasteiger partial charge in [-0.05, 0) is 60.5 Å². The van der Waals surface area contributed by atoms with Crippen molar-refractivity contribution in [2.45, 2.75) is 13.0 Å². The molecule has 4 rings (SSSR count). The van der Waals surface area contributed by atoms with Crippen LogP contribution in [0.25, 0.3) is 16.8 Å². The van der Waals surface area contributed by atoms with Gasteiger partial charge in [0.25, 0.3) is 5.56 Å². The van der Waals surface area contributed by atoms with E-state index in [1.165, 1.54) is 10.8 Å². The summed E-state index contributed by atoms with van der Waals surface area (Å²) in [4.78, 5) is 25.3. The zero-order chi connectivity index (χ0) is 24.1. The molecular formula is C24H25N5O5. The van der Waals surface area contributed by atoms with Crippen LogP contribution >= 0.6 is 0 Å². The normalized spacial score (nSPS) is 10.8. The van der Waals surface area contributed by atoms with E-state index in [4.69, 9.17) is 14.2 Å². The van der Waals surface area contributed by atoms with E-state index in [1.807, 2.05) is 42.5 Å². The van der Waals surface area contributed by atoms with Gasteiger partial charge in [0.15, 0.2) is 0 Å². The van der Waals surface area contributed by atoms with E-state index >= 15 is 0 Å². The summed E-state index contributed by atoms with van der Waals surface area (Å²) in [7, 11) is 4.78. The average Bonchev–Trinajstić information content (AvgIpc) is 3.31. The number of hydrogen-bond acceptors (Lipinski definition) is 7. The summed E-state index contributed by atoms with van der Waals surface area (Å²) in [5.41, 5.74) is 2.29. The molecule has 2 heterocycles. The Morgan fingerprint density at radius 2 is 1.71 bits per heavy atom. The van der Waals surface area contributed by atoms with Gasteiger partial charge in [0.2, 0.25) is 5.91 Å². The SMILES string of the molecule is COc1ccc(-c2cc3c(=O)n(CC(=O)NCCc4cc(OC)ccc4OC)ncn3n2)cc1. The number of ether oxygens (including phenoxy) is 3. The molecule has 1 amide bonds. The maximum atomic E-state index is 12.9. The summed E-state index contributed by atoms with van der Waals surface area (Å²) in [6.07, 6.45) is 1.96. The molecule has 0 aliphatic rings. The lowest BCUT2D eigenvalue weighted by Crippen LogP contribution is -2.35. The largest absolute Gasteiger partial charge is 0.497 e. The summed E-state index contributed by atoms with van der Waals surface area (Å²) in [6.45, 7) is 0.168. The molecule has 0 bridgehead atoms. The number of benzene rings is 2. The molecule has 176 valence electrons. The molecule has 0 aliphatic heterocycles. The molecule has 0 unspecified atom stereocenters. The Bertz CT molecular complexity index is 1360. The average molecular weight is 463 g/mol. The third kappa shape index (κ3) is 4.85. The van der Waals surface area contributed by atoms with Gasteiger partial charge in [-0.3, -0.25) is 9.59 Å². The van der Waals surface area contributed by atoms with E-state index < -0.39 is 5.56 Å². The number of rotatable bonds is 9. The number of hydrogen-bond donors (Lipinski definition) is 1. The smallest absolute Gasteiger partial charge is 0.293 e. The number of carbonyl (C=O) groups excluding carboxylic acids is 1. The van der Waals surface area contributed by atoms with Crippen LogP contribution in [0.3, 0.4) is 0 Å². The van der Waals surface area contributed by atoms with Crippen molar-refractivity contribution in [3.63, 3.8) is 0 Å². The predicted molar refractivity (Wildman–Crippen MR) is 125 cm³/mol. The van der Waals surface area contributed by atoms with E-state index in [2.05, 4.69) is 15.5 Å². The van der Waals surface area contributed by atoms with Gasteiger partial charge >= 0.3 is 0 Å². The van der Waals surface area contributed by atoms with Crippen molar-refractivity contribution in [1.29, 1.82) is 0 Å². The van der Waals surface area contributed by atoms with Crippen LogP contribution in [-0.2, 0) is 17.8 Å². The molecule has 0 saturated carbocycles. The summed E-state index contributed by atoms with van der Waals surface area (Å²) < 4.78 is 18.3. The second kappa shape index (κ2) is 10.1. The first-order chi connectivity index (χ1) is 16.5. The maximum Gasteiger partial charge on any atom is 0.293 e. The Morgan fingerprint density at radius 1 is 0.971 bits per heavy atom. The van der Waals surface area contributed by atoms with Gasteiger partial charge in [-0.1, -0.05) is 0 Å². The standard InChI is InChI=1S/C24H25N5O5/c1-32-18-6-4-16(5-7-18)20-13-21-24(31)28(26-15-29(21)27-20)14-23(30)25-11-10-17-12-19(33-2)8-9-22(17)34-3/h4-9,12-13,15H,10-11,14H2,1-3H3,(H,25,30). The third-order valence-corrected chi connectivity index (χ3v) is 5.37. The van der Waals surface area contributed by atoms with Crippen LogP contribution in [0.2, 0.25) is 0 Å². The lowest BCUT2D eigenvalue weighted by atomic mass is 10.1. The Labute approximate surface area is 195 Å². The molecule has 0 spiro atoms. The summed E-state index contributed by atoms with van der Waals surface area (Å²) >= 11 is 0. The van der Waals surface area contributed by atoms with E-state index in [1.54, 1.807) is 27.4 Å². The van der Waals surface area contributed by atoms with E-state index in [-0.39, 0.29) is 12.5 Å². The van der Waals surface area contributed by atoms with Crippen molar-refractivity contribution in [3.8, 4) is 28.5 Å². The second-order valence-electron chi connectivity index (χ2n) is 7.46. The van der Waals surface area contributed by atoms with E-state index in [0.29, 0.717) is 35.7 Å². The zero-order valence-electron chi connectivity index (χ0n) is 19.1. The molecule has 0 radical (unpaired) electrons. The molecule has 0 aliphatic carbocycles. The van der Waals surface area contributed by atoms with Crippen LogP contribution in [0.15, 0.2) is 59.7 Å². The fraction of sp³-hybridized carbons (Fsp3) is 0.250. The molecule has 0 fully saturated rings. The number of nitrogens with one attached hydrogen (secondary N) is 1. The highest BCUT2D eigenvalue weighted by atomic mass is 16.5. The molecule has 10 heteroatoms. The molecule has 34 heavy (non-hydrogen) atoms. The molecule has 0 atom stereocenters. The number of carbonyl (C=O) groups is 1. The van der Waals surface area contributed by atoms with Crippen molar-refractivity contribution < 1.29 is 19.0 Å². The number of methoxy groups -OCH3 is 3.